The predicted molar refractivity (Wildman–Crippen MR) is 57.3 cm³/mol. The average Bonchev–Trinajstić information content (AvgIpc) is 2.62. The summed E-state index contributed by atoms with van der Waals surface area (Å²) in [4.78, 5) is 34.3. The highest BCUT2D eigenvalue weighted by Gasteiger charge is 2.56. The number of hydrogen-bond donors (Lipinski definition) is 1. The van der Waals surface area contributed by atoms with Crippen LogP contribution in [0, 0.1) is 0 Å². The van der Waals surface area contributed by atoms with Crippen LogP contribution in [0.3, 0.4) is 0 Å². The lowest BCUT2D eigenvalue weighted by Crippen LogP contribution is -2.50. The number of benzene rings is 1. The van der Waals surface area contributed by atoms with Gasteiger partial charge < -0.3 is 5.73 Å². The Morgan fingerprint density at radius 3 is 2.30 bits per heavy atom. The first kappa shape index (κ1) is 14.0. The van der Waals surface area contributed by atoms with Crippen LogP contribution in [0.15, 0.2) is 18.2 Å². The Bertz CT molecular complexity index is 630. The molecule has 1 heterocycles. The smallest absolute Gasteiger partial charge is 0.384 e. The number of rotatable bonds is 2. The fourth-order valence-electron chi connectivity index (χ4n) is 1.74. The first-order valence-electron chi connectivity index (χ1n) is 5.17. The minimum atomic E-state index is -5.14. The second-order valence-corrected chi connectivity index (χ2v) is 3.94. The van der Waals surface area contributed by atoms with E-state index < -0.39 is 40.5 Å². The topological polar surface area (TPSA) is 80.5 Å². The Hall–Kier alpha value is -2.45. The number of anilines is 1. The molecule has 0 radical (unpaired) electrons. The molecule has 106 valence electrons. The standard InChI is InChI=1S/C11H6F4N2O3/c12-9(13)11(14,15)10(20)17-7(18)4-2-1-3-5(16)6(4)8(17)19/h1-3,9H,16H2. The van der Waals surface area contributed by atoms with Crippen LogP contribution in [-0.2, 0) is 4.79 Å². The minimum absolute atomic E-state index is 0.212. The Balaban J connectivity index is 2.49. The molecule has 0 saturated carbocycles. The maximum absolute atomic E-state index is 13.0. The van der Waals surface area contributed by atoms with Crippen molar-refractivity contribution in [3.63, 3.8) is 0 Å². The van der Waals surface area contributed by atoms with E-state index in [1.54, 1.807) is 0 Å². The van der Waals surface area contributed by atoms with Gasteiger partial charge in [0.2, 0.25) is 0 Å². The number of nitrogens with zero attached hydrogens (tertiary/aromatic N) is 1. The molecule has 5 nitrogen and oxygen atoms in total. The van der Waals surface area contributed by atoms with Gasteiger partial charge in [-0.05, 0) is 12.1 Å². The van der Waals surface area contributed by atoms with Gasteiger partial charge in [0.15, 0.2) is 0 Å². The average molecular weight is 290 g/mol. The molecule has 0 unspecified atom stereocenters. The van der Waals surface area contributed by atoms with Crippen molar-refractivity contribution < 1.29 is 31.9 Å². The van der Waals surface area contributed by atoms with Crippen LogP contribution in [0.2, 0.25) is 0 Å². The van der Waals surface area contributed by atoms with Crippen molar-refractivity contribution in [2.45, 2.75) is 12.3 Å². The van der Waals surface area contributed by atoms with E-state index in [4.69, 9.17) is 5.73 Å². The van der Waals surface area contributed by atoms with E-state index in [1.807, 2.05) is 0 Å². The summed E-state index contributed by atoms with van der Waals surface area (Å²) >= 11 is 0. The lowest BCUT2D eigenvalue weighted by molar-refractivity contribution is -0.175. The lowest BCUT2D eigenvalue weighted by Gasteiger charge is -2.19. The first-order chi connectivity index (χ1) is 9.19. The number of carbonyl (C=O) groups is 3. The molecule has 0 spiro atoms. The van der Waals surface area contributed by atoms with Gasteiger partial charge in [-0.15, -0.1) is 0 Å². The van der Waals surface area contributed by atoms with Crippen LogP contribution >= 0.6 is 0 Å². The highest BCUT2D eigenvalue weighted by molar-refractivity contribution is 6.31. The third-order valence-corrected chi connectivity index (χ3v) is 2.71. The number of carbonyl (C=O) groups excluding carboxylic acids is 3. The number of alkyl halides is 4. The molecule has 1 aromatic rings. The van der Waals surface area contributed by atoms with Gasteiger partial charge in [0.1, 0.15) is 0 Å². The third kappa shape index (κ3) is 1.74. The number of fused-ring (bicyclic) bond motifs is 1. The molecule has 1 aromatic carbocycles. The summed E-state index contributed by atoms with van der Waals surface area (Å²) in [6.45, 7) is 0. The molecule has 2 N–H and O–H groups in total. The van der Waals surface area contributed by atoms with Gasteiger partial charge in [-0.1, -0.05) is 6.07 Å². The largest absolute Gasteiger partial charge is 0.398 e. The predicted octanol–water partition coefficient (Wildman–Crippen LogP) is 1.29. The summed E-state index contributed by atoms with van der Waals surface area (Å²) in [5.41, 5.74) is 4.37. The third-order valence-electron chi connectivity index (χ3n) is 2.71. The number of hydrogen-bond acceptors (Lipinski definition) is 4. The Morgan fingerprint density at radius 2 is 1.80 bits per heavy atom. The fraction of sp³-hybridized carbons (Fsp3) is 0.182. The summed E-state index contributed by atoms with van der Waals surface area (Å²) in [6.07, 6.45) is -4.34. The Labute approximate surface area is 108 Å². The van der Waals surface area contributed by atoms with Crippen molar-refractivity contribution in [3.8, 4) is 0 Å². The Morgan fingerprint density at radius 1 is 1.20 bits per heavy atom. The van der Waals surface area contributed by atoms with Crippen LogP contribution in [0.5, 0.6) is 0 Å². The second-order valence-electron chi connectivity index (χ2n) is 3.94. The quantitative estimate of drug-likeness (QED) is 0.505. The van der Waals surface area contributed by atoms with Crippen LogP contribution in [-0.4, -0.2) is 35.0 Å². The molecule has 0 aromatic heterocycles. The number of nitrogens with two attached hydrogens (primary N) is 1. The van der Waals surface area contributed by atoms with Crippen LogP contribution in [0.4, 0.5) is 23.2 Å². The molecule has 0 saturated heterocycles. The monoisotopic (exact) mass is 290 g/mol. The van der Waals surface area contributed by atoms with Crippen molar-refractivity contribution >= 4 is 23.4 Å². The summed E-state index contributed by atoms with van der Waals surface area (Å²) in [5, 5.41) is 0. The molecule has 0 atom stereocenters. The van der Waals surface area contributed by atoms with E-state index in [9.17, 15) is 31.9 Å². The summed E-state index contributed by atoms with van der Waals surface area (Å²) < 4.78 is 50.2. The zero-order chi connectivity index (χ0) is 15.2. The normalized spacial score (nSPS) is 14.9. The van der Waals surface area contributed by atoms with E-state index in [0.29, 0.717) is 0 Å². The van der Waals surface area contributed by atoms with Gasteiger partial charge in [0.05, 0.1) is 11.1 Å². The van der Waals surface area contributed by atoms with E-state index in [1.165, 1.54) is 12.1 Å². The number of imide groups is 3. The van der Waals surface area contributed by atoms with Crippen LogP contribution < -0.4 is 5.73 Å². The summed E-state index contributed by atoms with van der Waals surface area (Å²) in [7, 11) is 0. The Kier molecular flexibility index (Phi) is 2.99. The lowest BCUT2D eigenvalue weighted by atomic mass is 10.1. The van der Waals surface area contributed by atoms with Gasteiger partial charge in [0, 0.05) is 5.69 Å². The second kappa shape index (κ2) is 4.29. The van der Waals surface area contributed by atoms with Gasteiger partial charge in [-0.25, -0.2) is 13.7 Å². The van der Waals surface area contributed by atoms with Crippen LogP contribution in [0.25, 0.3) is 0 Å². The number of halogens is 4. The van der Waals surface area contributed by atoms with Crippen molar-refractivity contribution in [1.82, 2.24) is 4.90 Å². The van der Waals surface area contributed by atoms with Crippen molar-refractivity contribution in [1.29, 1.82) is 0 Å². The molecule has 1 aliphatic heterocycles. The van der Waals surface area contributed by atoms with Crippen molar-refractivity contribution in [2.24, 2.45) is 0 Å². The molecule has 0 fully saturated rings. The molecule has 0 bridgehead atoms. The zero-order valence-electron chi connectivity index (χ0n) is 9.57. The highest BCUT2D eigenvalue weighted by Crippen LogP contribution is 2.32. The minimum Gasteiger partial charge on any atom is -0.398 e. The molecular formula is C11H6F4N2O3. The van der Waals surface area contributed by atoms with E-state index in [0.717, 1.165) is 6.07 Å². The zero-order valence-corrected chi connectivity index (χ0v) is 9.57. The number of amides is 3. The molecule has 3 amide bonds. The van der Waals surface area contributed by atoms with E-state index in [-0.39, 0.29) is 11.3 Å². The molecular weight excluding hydrogens is 284 g/mol. The summed E-state index contributed by atoms with van der Waals surface area (Å²) in [6, 6.07) is 3.56. The molecule has 2 rings (SSSR count). The molecule has 1 aliphatic rings. The van der Waals surface area contributed by atoms with E-state index in [2.05, 4.69) is 0 Å². The molecule has 0 aliphatic carbocycles. The highest BCUT2D eigenvalue weighted by atomic mass is 19.3. The number of nitrogen functional groups attached to an aromatic ring is 1. The molecule has 9 heteroatoms. The van der Waals surface area contributed by atoms with Crippen molar-refractivity contribution in [2.75, 3.05) is 5.73 Å². The maximum Gasteiger partial charge on any atom is 0.384 e. The first-order valence-corrected chi connectivity index (χ1v) is 5.17. The van der Waals surface area contributed by atoms with Gasteiger partial charge >= 0.3 is 18.3 Å². The SMILES string of the molecule is Nc1cccc2c1C(=O)N(C(=O)C(F)(F)C(F)F)C2=O. The van der Waals surface area contributed by atoms with Crippen molar-refractivity contribution in [3.05, 3.63) is 29.3 Å². The summed E-state index contributed by atoms with van der Waals surface area (Å²) in [5.74, 6) is -10.5. The maximum atomic E-state index is 13.0. The van der Waals surface area contributed by atoms with Crippen LogP contribution in [0.1, 0.15) is 20.7 Å². The van der Waals surface area contributed by atoms with Gasteiger partial charge in [-0.2, -0.15) is 8.78 Å². The van der Waals surface area contributed by atoms with Gasteiger partial charge in [0.25, 0.3) is 11.8 Å². The van der Waals surface area contributed by atoms with Gasteiger partial charge in [-0.3, -0.25) is 14.4 Å². The molecule has 20 heavy (non-hydrogen) atoms. The van der Waals surface area contributed by atoms with E-state index >= 15 is 0 Å². The fourth-order valence-corrected chi connectivity index (χ4v) is 1.74.